The van der Waals surface area contributed by atoms with Gasteiger partial charge in [0.25, 0.3) is 11.8 Å². The van der Waals surface area contributed by atoms with Gasteiger partial charge in [0.1, 0.15) is 0 Å². The van der Waals surface area contributed by atoms with E-state index in [2.05, 4.69) is 13.2 Å². The molecule has 0 saturated heterocycles. The molecule has 0 aromatic rings. The Morgan fingerprint density at radius 3 is 1.42 bits per heavy atom. The first-order valence-corrected chi connectivity index (χ1v) is 3.51. The van der Waals surface area contributed by atoms with Gasteiger partial charge >= 0.3 is 0 Å². The van der Waals surface area contributed by atoms with Crippen molar-refractivity contribution in [3.63, 3.8) is 0 Å². The van der Waals surface area contributed by atoms with Crippen molar-refractivity contribution in [3.05, 3.63) is 24.3 Å². The molecule has 12 heavy (non-hydrogen) atoms. The molecule has 0 saturated carbocycles. The summed E-state index contributed by atoms with van der Waals surface area (Å²) in [6, 6.07) is 0. The smallest absolute Gasteiger partial charge is 0.255 e. The van der Waals surface area contributed by atoms with E-state index in [-0.39, 0.29) is 11.8 Å². The number of imide groups is 1. The van der Waals surface area contributed by atoms with E-state index in [1.807, 2.05) is 0 Å². The SMILES string of the molecule is C=C(C)C(=O)N(C)C(=O)C(=C)C. The molecule has 0 aromatic carbocycles. The van der Waals surface area contributed by atoms with Crippen molar-refractivity contribution in [2.75, 3.05) is 7.05 Å². The number of carbonyl (C=O) groups is 2. The van der Waals surface area contributed by atoms with Crippen LogP contribution in [0.5, 0.6) is 0 Å². The summed E-state index contributed by atoms with van der Waals surface area (Å²) in [6.45, 7) is 10.0. The highest BCUT2D eigenvalue weighted by molar-refractivity contribution is 6.08. The van der Waals surface area contributed by atoms with Crippen molar-refractivity contribution < 1.29 is 9.59 Å². The van der Waals surface area contributed by atoms with Crippen LogP contribution in [0.3, 0.4) is 0 Å². The van der Waals surface area contributed by atoms with Crippen LogP contribution in [-0.4, -0.2) is 23.8 Å². The van der Waals surface area contributed by atoms with Gasteiger partial charge in [-0.3, -0.25) is 14.5 Å². The molecule has 66 valence electrons. The second kappa shape index (κ2) is 3.85. The van der Waals surface area contributed by atoms with Crippen molar-refractivity contribution in [2.24, 2.45) is 0 Å². The van der Waals surface area contributed by atoms with Crippen molar-refractivity contribution >= 4 is 11.8 Å². The van der Waals surface area contributed by atoms with Gasteiger partial charge in [0.05, 0.1) is 0 Å². The number of amides is 2. The average molecular weight is 167 g/mol. The second-order valence-corrected chi connectivity index (χ2v) is 2.73. The van der Waals surface area contributed by atoms with E-state index in [1.54, 1.807) is 13.8 Å². The molecule has 0 spiro atoms. The molecule has 0 N–H and O–H groups in total. The van der Waals surface area contributed by atoms with E-state index < -0.39 is 0 Å². The van der Waals surface area contributed by atoms with Gasteiger partial charge in [-0.1, -0.05) is 13.2 Å². The molecule has 0 aliphatic heterocycles. The zero-order valence-electron chi connectivity index (χ0n) is 7.68. The average Bonchev–Trinajstić information content (AvgIpc) is 2.00. The maximum absolute atomic E-state index is 11.2. The van der Waals surface area contributed by atoms with Crippen LogP contribution in [0.1, 0.15) is 13.8 Å². The van der Waals surface area contributed by atoms with Crippen LogP contribution < -0.4 is 0 Å². The largest absolute Gasteiger partial charge is 0.278 e. The van der Waals surface area contributed by atoms with Crippen LogP contribution in [0.25, 0.3) is 0 Å². The van der Waals surface area contributed by atoms with Gasteiger partial charge in [0, 0.05) is 18.2 Å². The fraction of sp³-hybridized carbons (Fsp3) is 0.333. The van der Waals surface area contributed by atoms with Crippen LogP contribution in [0.2, 0.25) is 0 Å². The fourth-order valence-electron chi connectivity index (χ4n) is 0.665. The van der Waals surface area contributed by atoms with E-state index in [0.29, 0.717) is 11.1 Å². The van der Waals surface area contributed by atoms with E-state index in [1.165, 1.54) is 7.05 Å². The molecule has 0 aliphatic carbocycles. The summed E-state index contributed by atoms with van der Waals surface area (Å²) < 4.78 is 0. The van der Waals surface area contributed by atoms with Crippen molar-refractivity contribution in [1.82, 2.24) is 4.90 Å². The maximum atomic E-state index is 11.2. The summed E-state index contributed by atoms with van der Waals surface area (Å²) in [5, 5.41) is 0. The molecule has 0 unspecified atom stereocenters. The van der Waals surface area contributed by atoms with Crippen LogP contribution >= 0.6 is 0 Å². The summed E-state index contributed by atoms with van der Waals surface area (Å²) in [5.41, 5.74) is 0.680. The molecule has 0 bridgehead atoms. The van der Waals surface area contributed by atoms with Gasteiger partial charge in [0.15, 0.2) is 0 Å². The number of hydrogen-bond donors (Lipinski definition) is 0. The Balaban J connectivity index is 4.51. The highest BCUT2D eigenvalue weighted by atomic mass is 16.2. The van der Waals surface area contributed by atoms with Gasteiger partial charge < -0.3 is 0 Å². The number of likely N-dealkylation sites (N-methyl/N-ethyl adjacent to an activating group) is 1. The highest BCUT2D eigenvalue weighted by Gasteiger charge is 2.16. The normalized spacial score (nSPS) is 8.92. The summed E-state index contributed by atoms with van der Waals surface area (Å²) in [7, 11) is 1.41. The van der Waals surface area contributed by atoms with E-state index in [9.17, 15) is 9.59 Å². The third kappa shape index (κ3) is 2.34. The Kier molecular flexibility index (Phi) is 3.41. The predicted molar refractivity (Wildman–Crippen MR) is 47.4 cm³/mol. The van der Waals surface area contributed by atoms with Gasteiger partial charge in [-0.05, 0) is 13.8 Å². The van der Waals surface area contributed by atoms with Crippen molar-refractivity contribution in [1.29, 1.82) is 0 Å². The zero-order chi connectivity index (χ0) is 9.89. The Labute approximate surface area is 72.4 Å². The number of hydrogen-bond acceptors (Lipinski definition) is 2. The lowest BCUT2D eigenvalue weighted by Crippen LogP contribution is -2.33. The minimum Gasteiger partial charge on any atom is -0.278 e. The van der Waals surface area contributed by atoms with Gasteiger partial charge in [-0.25, -0.2) is 0 Å². The van der Waals surface area contributed by atoms with Gasteiger partial charge in [-0.15, -0.1) is 0 Å². The van der Waals surface area contributed by atoms with Crippen LogP contribution in [0, 0.1) is 0 Å². The topological polar surface area (TPSA) is 37.4 Å². The summed E-state index contributed by atoms with van der Waals surface area (Å²) >= 11 is 0. The van der Waals surface area contributed by atoms with E-state index in [0.717, 1.165) is 4.90 Å². The standard InChI is InChI=1S/C9H13NO2/c1-6(2)8(11)10(5)9(12)7(3)4/h1,3H2,2,4-5H3. The number of carbonyl (C=O) groups excluding carboxylic acids is 2. The minimum absolute atomic E-state index is 0.340. The first kappa shape index (κ1) is 10.6. The van der Waals surface area contributed by atoms with E-state index >= 15 is 0 Å². The molecule has 2 amide bonds. The fourth-order valence-corrected chi connectivity index (χ4v) is 0.665. The summed E-state index contributed by atoms with van der Waals surface area (Å²) in [4.78, 5) is 23.3. The van der Waals surface area contributed by atoms with Gasteiger partial charge in [-0.2, -0.15) is 0 Å². The van der Waals surface area contributed by atoms with Crippen molar-refractivity contribution in [2.45, 2.75) is 13.8 Å². The Bertz CT molecular complexity index is 227. The molecule has 0 heterocycles. The Morgan fingerprint density at radius 2 is 1.25 bits per heavy atom. The molecular formula is C9H13NO2. The molecule has 0 aliphatic rings. The third-order valence-electron chi connectivity index (χ3n) is 1.34. The molecular weight excluding hydrogens is 154 g/mol. The molecule has 3 nitrogen and oxygen atoms in total. The first-order valence-electron chi connectivity index (χ1n) is 3.51. The molecule has 0 rings (SSSR count). The van der Waals surface area contributed by atoms with Crippen LogP contribution in [-0.2, 0) is 9.59 Å². The van der Waals surface area contributed by atoms with Crippen molar-refractivity contribution in [3.8, 4) is 0 Å². The van der Waals surface area contributed by atoms with E-state index in [4.69, 9.17) is 0 Å². The Morgan fingerprint density at radius 1 is 1.00 bits per heavy atom. The molecule has 0 fully saturated rings. The lowest BCUT2D eigenvalue weighted by atomic mass is 10.2. The molecule has 0 radical (unpaired) electrons. The number of nitrogens with zero attached hydrogens (tertiary/aromatic N) is 1. The third-order valence-corrected chi connectivity index (χ3v) is 1.34. The van der Waals surface area contributed by atoms with Crippen LogP contribution in [0.4, 0.5) is 0 Å². The monoisotopic (exact) mass is 167 g/mol. The summed E-state index contributed by atoms with van der Waals surface area (Å²) in [6.07, 6.45) is 0. The molecule has 0 atom stereocenters. The quantitative estimate of drug-likeness (QED) is 0.578. The first-order chi connectivity index (χ1) is 5.37. The predicted octanol–water partition coefficient (Wildman–Crippen LogP) is 1.12. The molecule has 3 heteroatoms. The summed E-state index contributed by atoms with van der Waals surface area (Å²) in [5.74, 6) is -0.744. The zero-order valence-corrected chi connectivity index (χ0v) is 7.68. The second-order valence-electron chi connectivity index (χ2n) is 2.73. The lowest BCUT2D eigenvalue weighted by molar-refractivity contribution is -0.138. The maximum Gasteiger partial charge on any atom is 0.255 e. The Hall–Kier alpha value is -1.38. The number of rotatable bonds is 2. The highest BCUT2D eigenvalue weighted by Crippen LogP contribution is 2.00. The molecule has 0 aromatic heterocycles. The van der Waals surface area contributed by atoms with Crippen LogP contribution in [0.15, 0.2) is 24.3 Å². The minimum atomic E-state index is -0.372. The van der Waals surface area contributed by atoms with Gasteiger partial charge in [0.2, 0.25) is 0 Å². The lowest BCUT2D eigenvalue weighted by Gasteiger charge is -2.14.